The number of carbonyl (C=O) groups is 1. The largest absolute Gasteiger partial charge is 0.463 e. The van der Waals surface area contributed by atoms with Crippen molar-refractivity contribution in [2.75, 3.05) is 18.5 Å². The van der Waals surface area contributed by atoms with Crippen molar-refractivity contribution < 1.29 is 27.1 Å². The summed E-state index contributed by atoms with van der Waals surface area (Å²) in [6.45, 7) is 4.59. The van der Waals surface area contributed by atoms with E-state index in [1.807, 2.05) is 0 Å². The minimum atomic E-state index is -1.57. The van der Waals surface area contributed by atoms with Gasteiger partial charge in [0.05, 0.1) is 6.61 Å². The van der Waals surface area contributed by atoms with Crippen molar-refractivity contribution in [2.24, 2.45) is 0 Å². The molecule has 0 aliphatic heterocycles. The molecular formula is C12H11F4NO2. The first kappa shape index (κ1) is 15.0. The minimum absolute atomic E-state index is 0.0933. The molecule has 1 rings (SSSR count). The van der Waals surface area contributed by atoms with Gasteiger partial charge >= 0.3 is 5.97 Å². The second kappa shape index (κ2) is 6.21. The molecule has 0 atom stereocenters. The number of carbonyl (C=O) groups excluding carboxylic acids is 1. The molecule has 104 valence electrons. The Bertz CT molecular complexity index is 491. The Hall–Kier alpha value is -2.05. The Morgan fingerprint density at radius 1 is 1.26 bits per heavy atom. The molecule has 0 saturated heterocycles. The molecule has 0 aliphatic rings. The number of esters is 1. The topological polar surface area (TPSA) is 38.3 Å². The van der Waals surface area contributed by atoms with Crippen molar-refractivity contribution >= 4 is 11.7 Å². The van der Waals surface area contributed by atoms with Gasteiger partial charge in [0.15, 0.2) is 23.3 Å². The Morgan fingerprint density at radius 2 is 1.79 bits per heavy atom. The zero-order valence-corrected chi connectivity index (χ0v) is 10.0. The van der Waals surface area contributed by atoms with Crippen molar-refractivity contribution in [1.29, 1.82) is 0 Å². The predicted octanol–water partition coefficient (Wildman–Crippen LogP) is 2.77. The van der Waals surface area contributed by atoms with E-state index in [0.717, 1.165) is 0 Å². The van der Waals surface area contributed by atoms with E-state index in [4.69, 9.17) is 0 Å². The molecule has 0 heterocycles. The smallest absolute Gasteiger partial charge is 0.335 e. The SMILES string of the molecule is C=C(CNc1c(F)c(F)cc(F)c1F)C(=O)OCC. The summed E-state index contributed by atoms with van der Waals surface area (Å²) in [4.78, 5) is 11.2. The molecule has 0 amide bonds. The molecule has 1 aromatic rings. The molecule has 0 spiro atoms. The highest BCUT2D eigenvalue weighted by Gasteiger charge is 2.19. The van der Waals surface area contributed by atoms with Crippen LogP contribution >= 0.6 is 0 Å². The van der Waals surface area contributed by atoms with Crippen molar-refractivity contribution in [3.63, 3.8) is 0 Å². The van der Waals surface area contributed by atoms with Crippen LogP contribution in [0.5, 0.6) is 0 Å². The highest BCUT2D eigenvalue weighted by molar-refractivity contribution is 5.88. The maximum Gasteiger partial charge on any atom is 0.335 e. The summed E-state index contributed by atoms with van der Waals surface area (Å²) >= 11 is 0. The third-order valence-corrected chi connectivity index (χ3v) is 2.15. The first-order valence-electron chi connectivity index (χ1n) is 5.30. The van der Waals surface area contributed by atoms with Crippen molar-refractivity contribution in [1.82, 2.24) is 0 Å². The molecule has 0 aliphatic carbocycles. The highest BCUT2D eigenvalue weighted by Crippen LogP contribution is 2.24. The average molecular weight is 277 g/mol. The standard InChI is InChI=1S/C12H11F4NO2/c1-3-19-12(18)6(2)5-17-11-9(15)7(13)4-8(14)10(11)16/h4,17H,2-3,5H2,1H3. The molecule has 1 N–H and O–H groups in total. The third-order valence-electron chi connectivity index (χ3n) is 2.15. The lowest BCUT2D eigenvalue weighted by Gasteiger charge is -2.11. The van der Waals surface area contributed by atoms with E-state index in [1.54, 1.807) is 6.92 Å². The molecule has 0 radical (unpaired) electrons. The zero-order valence-electron chi connectivity index (χ0n) is 10.0. The van der Waals surface area contributed by atoms with Crippen molar-refractivity contribution in [3.8, 4) is 0 Å². The maximum absolute atomic E-state index is 13.3. The third kappa shape index (κ3) is 3.46. The molecule has 0 unspecified atom stereocenters. The Balaban J connectivity index is 2.84. The lowest BCUT2D eigenvalue weighted by atomic mass is 10.2. The molecular weight excluding hydrogens is 266 g/mol. The van der Waals surface area contributed by atoms with Crippen LogP contribution < -0.4 is 5.32 Å². The maximum atomic E-state index is 13.3. The highest BCUT2D eigenvalue weighted by atomic mass is 19.2. The van der Waals surface area contributed by atoms with Gasteiger partial charge in [0, 0.05) is 18.2 Å². The predicted molar refractivity (Wildman–Crippen MR) is 60.5 cm³/mol. The monoisotopic (exact) mass is 277 g/mol. The van der Waals surface area contributed by atoms with Gasteiger partial charge in [0.25, 0.3) is 0 Å². The minimum Gasteiger partial charge on any atom is -0.463 e. The van der Waals surface area contributed by atoms with Crippen LogP contribution in [-0.2, 0) is 9.53 Å². The summed E-state index contributed by atoms with van der Waals surface area (Å²) < 4.78 is 56.9. The summed E-state index contributed by atoms with van der Waals surface area (Å²) in [5.74, 6) is -7.00. The van der Waals surface area contributed by atoms with E-state index in [1.165, 1.54) is 0 Å². The number of benzene rings is 1. The van der Waals surface area contributed by atoms with Gasteiger partial charge in [0.2, 0.25) is 0 Å². The average Bonchev–Trinajstić information content (AvgIpc) is 2.36. The number of nitrogens with one attached hydrogen (secondary N) is 1. The van der Waals surface area contributed by atoms with Crippen LogP contribution in [0.2, 0.25) is 0 Å². The molecule has 0 saturated carbocycles. The second-order valence-corrected chi connectivity index (χ2v) is 3.52. The molecule has 7 heteroatoms. The fourth-order valence-corrected chi connectivity index (χ4v) is 1.23. The first-order chi connectivity index (χ1) is 8.88. The first-order valence-corrected chi connectivity index (χ1v) is 5.30. The van der Waals surface area contributed by atoms with E-state index >= 15 is 0 Å². The van der Waals surface area contributed by atoms with Crippen molar-refractivity contribution in [3.05, 3.63) is 41.5 Å². The van der Waals surface area contributed by atoms with Gasteiger partial charge in [-0.05, 0) is 6.92 Å². The van der Waals surface area contributed by atoms with Gasteiger partial charge < -0.3 is 10.1 Å². The van der Waals surface area contributed by atoms with E-state index in [0.29, 0.717) is 0 Å². The fourth-order valence-electron chi connectivity index (χ4n) is 1.23. The van der Waals surface area contributed by atoms with Crippen LogP contribution in [0.15, 0.2) is 18.2 Å². The number of hydrogen-bond acceptors (Lipinski definition) is 3. The van der Waals surface area contributed by atoms with Gasteiger partial charge in [0.1, 0.15) is 5.69 Å². The summed E-state index contributed by atoms with van der Waals surface area (Å²) in [5, 5.41) is 2.07. The Morgan fingerprint density at radius 3 is 2.26 bits per heavy atom. The lowest BCUT2D eigenvalue weighted by Crippen LogP contribution is -2.16. The van der Waals surface area contributed by atoms with Crippen LogP contribution in [0.25, 0.3) is 0 Å². The normalized spacial score (nSPS) is 10.2. The fraction of sp³-hybridized carbons (Fsp3) is 0.250. The molecule has 3 nitrogen and oxygen atoms in total. The van der Waals surface area contributed by atoms with Crippen LogP contribution in [0.4, 0.5) is 23.2 Å². The molecule has 1 aromatic carbocycles. The Kier molecular flexibility index (Phi) is 4.91. The Labute approximate surface area is 106 Å². The number of hydrogen-bond donors (Lipinski definition) is 1. The number of anilines is 1. The zero-order chi connectivity index (χ0) is 14.6. The van der Waals surface area contributed by atoms with Crippen LogP contribution in [0.3, 0.4) is 0 Å². The summed E-state index contributed by atoms with van der Waals surface area (Å²) in [6, 6.07) is 0.0933. The van der Waals surface area contributed by atoms with Gasteiger partial charge in [-0.1, -0.05) is 6.58 Å². The van der Waals surface area contributed by atoms with Gasteiger partial charge in [-0.3, -0.25) is 0 Å². The summed E-state index contributed by atoms with van der Waals surface area (Å²) in [7, 11) is 0. The molecule has 0 fully saturated rings. The number of halogens is 4. The van der Waals surface area contributed by atoms with Gasteiger partial charge in [-0.25, -0.2) is 22.4 Å². The molecule has 0 aromatic heterocycles. The van der Waals surface area contributed by atoms with E-state index < -0.39 is 41.5 Å². The summed E-state index contributed by atoms with van der Waals surface area (Å²) in [6.07, 6.45) is 0. The lowest BCUT2D eigenvalue weighted by molar-refractivity contribution is -0.138. The summed E-state index contributed by atoms with van der Waals surface area (Å²) in [5.41, 5.74) is -1.13. The van der Waals surface area contributed by atoms with Crippen LogP contribution in [0.1, 0.15) is 6.92 Å². The molecule has 19 heavy (non-hydrogen) atoms. The van der Waals surface area contributed by atoms with E-state index in [-0.39, 0.29) is 18.2 Å². The van der Waals surface area contributed by atoms with Crippen molar-refractivity contribution in [2.45, 2.75) is 6.92 Å². The van der Waals surface area contributed by atoms with Crippen LogP contribution in [-0.4, -0.2) is 19.1 Å². The van der Waals surface area contributed by atoms with Gasteiger partial charge in [-0.2, -0.15) is 0 Å². The molecule has 0 bridgehead atoms. The van der Waals surface area contributed by atoms with E-state index in [2.05, 4.69) is 16.6 Å². The van der Waals surface area contributed by atoms with Gasteiger partial charge in [-0.15, -0.1) is 0 Å². The van der Waals surface area contributed by atoms with E-state index in [9.17, 15) is 22.4 Å². The quantitative estimate of drug-likeness (QED) is 0.389. The number of rotatable bonds is 5. The second-order valence-electron chi connectivity index (χ2n) is 3.52. The number of ether oxygens (including phenoxy) is 1. The van der Waals surface area contributed by atoms with Crippen LogP contribution in [0, 0.1) is 23.3 Å².